The molecule has 1 N–H and O–H groups in total. The summed E-state index contributed by atoms with van der Waals surface area (Å²) in [5.74, 6) is 0.798. The van der Waals surface area contributed by atoms with Gasteiger partial charge in [-0.1, -0.05) is 15.9 Å². The summed E-state index contributed by atoms with van der Waals surface area (Å²) >= 11 is 3.39. The van der Waals surface area contributed by atoms with Gasteiger partial charge < -0.3 is 15.0 Å². The van der Waals surface area contributed by atoms with Crippen LogP contribution in [0.4, 0.5) is 5.69 Å². The molecule has 0 spiro atoms. The number of piperazine rings is 1. The quantitative estimate of drug-likeness (QED) is 0.912. The second-order valence-corrected chi connectivity index (χ2v) is 6.07. The van der Waals surface area contributed by atoms with E-state index in [9.17, 15) is 9.59 Å². The smallest absolute Gasteiger partial charge is 0.250 e. The van der Waals surface area contributed by atoms with Crippen LogP contribution in [0.15, 0.2) is 22.7 Å². The molecule has 0 bridgehead atoms. The van der Waals surface area contributed by atoms with Crippen molar-refractivity contribution in [2.24, 2.45) is 5.92 Å². The van der Waals surface area contributed by atoms with Gasteiger partial charge in [0.25, 0.3) is 0 Å². The molecule has 1 aromatic carbocycles. The average Bonchev–Trinajstić information content (AvgIpc) is 3.24. The molecule has 0 aromatic heterocycles. The van der Waals surface area contributed by atoms with Crippen molar-refractivity contribution >= 4 is 33.4 Å². The van der Waals surface area contributed by atoms with Crippen LogP contribution in [-0.2, 0) is 9.59 Å². The number of carbonyl (C=O) groups is 2. The zero-order valence-electron chi connectivity index (χ0n) is 11.1. The number of rotatable bonds is 3. The van der Waals surface area contributed by atoms with E-state index in [0.29, 0.717) is 17.4 Å². The van der Waals surface area contributed by atoms with E-state index in [-0.39, 0.29) is 24.4 Å². The molecule has 1 saturated heterocycles. The van der Waals surface area contributed by atoms with Gasteiger partial charge in [0.1, 0.15) is 18.3 Å². The first-order chi connectivity index (χ1) is 9.58. The van der Waals surface area contributed by atoms with Crippen LogP contribution >= 0.6 is 15.9 Å². The Hall–Kier alpha value is -1.56. The lowest BCUT2D eigenvalue weighted by molar-refractivity contribution is -0.131. The molecule has 0 radical (unpaired) electrons. The number of halogens is 1. The maximum Gasteiger partial charge on any atom is 0.250 e. The fourth-order valence-corrected chi connectivity index (χ4v) is 2.92. The van der Waals surface area contributed by atoms with Crippen LogP contribution < -0.4 is 15.0 Å². The summed E-state index contributed by atoms with van der Waals surface area (Å²) in [6, 6.07) is 5.03. The van der Waals surface area contributed by atoms with Gasteiger partial charge in [-0.25, -0.2) is 0 Å². The molecule has 1 aliphatic carbocycles. The molecule has 3 rings (SSSR count). The summed E-state index contributed by atoms with van der Waals surface area (Å²) in [4.78, 5) is 25.9. The third-order valence-electron chi connectivity index (χ3n) is 3.65. The van der Waals surface area contributed by atoms with E-state index >= 15 is 0 Å². The summed E-state index contributed by atoms with van der Waals surface area (Å²) in [6.07, 6.45) is 2.01. The first-order valence-electron chi connectivity index (χ1n) is 6.54. The molecule has 6 heteroatoms. The van der Waals surface area contributed by atoms with Crippen molar-refractivity contribution in [3.05, 3.63) is 22.7 Å². The minimum absolute atomic E-state index is 0.0350. The molecule has 106 valence electrons. The lowest BCUT2D eigenvalue weighted by Crippen LogP contribution is -2.59. The van der Waals surface area contributed by atoms with Crippen molar-refractivity contribution in [3.8, 4) is 5.75 Å². The van der Waals surface area contributed by atoms with E-state index in [0.717, 1.165) is 17.3 Å². The third kappa shape index (κ3) is 2.52. The highest BCUT2D eigenvalue weighted by Gasteiger charge is 2.43. The Morgan fingerprint density at radius 2 is 2.05 bits per heavy atom. The van der Waals surface area contributed by atoms with E-state index in [1.165, 1.54) is 4.90 Å². The lowest BCUT2D eigenvalue weighted by atomic mass is 10.1. The molecule has 1 saturated carbocycles. The van der Waals surface area contributed by atoms with Crippen molar-refractivity contribution in [2.45, 2.75) is 18.9 Å². The summed E-state index contributed by atoms with van der Waals surface area (Å²) in [5, 5.41) is 2.80. The number of carbonyl (C=O) groups excluding carboxylic acids is 2. The minimum atomic E-state index is -0.374. The normalized spacial score (nSPS) is 22.7. The third-order valence-corrected chi connectivity index (χ3v) is 4.10. The number of nitrogens with one attached hydrogen (secondary N) is 1. The Kier molecular flexibility index (Phi) is 3.41. The van der Waals surface area contributed by atoms with E-state index < -0.39 is 0 Å². The van der Waals surface area contributed by atoms with Gasteiger partial charge in [-0.15, -0.1) is 0 Å². The monoisotopic (exact) mass is 338 g/mol. The minimum Gasteiger partial charge on any atom is -0.497 e. The predicted octanol–water partition coefficient (Wildman–Crippen LogP) is 1.70. The maximum absolute atomic E-state index is 12.5. The first kappa shape index (κ1) is 13.4. The molecular weight excluding hydrogens is 324 g/mol. The Labute approximate surface area is 125 Å². The Morgan fingerprint density at radius 3 is 2.70 bits per heavy atom. The molecule has 1 unspecified atom stereocenters. The fourth-order valence-electron chi connectivity index (χ4n) is 2.46. The van der Waals surface area contributed by atoms with Crippen LogP contribution in [0.1, 0.15) is 12.8 Å². The summed E-state index contributed by atoms with van der Waals surface area (Å²) in [5.41, 5.74) is 0.682. The van der Waals surface area contributed by atoms with Gasteiger partial charge in [0.2, 0.25) is 11.8 Å². The van der Waals surface area contributed by atoms with Crippen molar-refractivity contribution in [3.63, 3.8) is 0 Å². The van der Waals surface area contributed by atoms with Crippen LogP contribution in [0.25, 0.3) is 0 Å². The van der Waals surface area contributed by atoms with Crippen LogP contribution in [0.5, 0.6) is 5.75 Å². The Balaban J connectivity index is 1.93. The van der Waals surface area contributed by atoms with Crippen molar-refractivity contribution in [1.82, 2.24) is 5.32 Å². The van der Waals surface area contributed by atoms with E-state index in [1.807, 2.05) is 12.1 Å². The molecule has 2 fully saturated rings. The number of hydrogen-bond donors (Lipinski definition) is 1. The van der Waals surface area contributed by atoms with E-state index in [2.05, 4.69) is 21.2 Å². The number of ether oxygens (including phenoxy) is 1. The largest absolute Gasteiger partial charge is 0.497 e. The van der Waals surface area contributed by atoms with Crippen LogP contribution in [-0.4, -0.2) is 31.5 Å². The lowest BCUT2D eigenvalue weighted by Gasteiger charge is -2.32. The molecule has 1 heterocycles. The summed E-state index contributed by atoms with van der Waals surface area (Å²) < 4.78 is 6.02. The van der Waals surface area contributed by atoms with Gasteiger partial charge in [0.15, 0.2) is 0 Å². The average molecular weight is 339 g/mol. The van der Waals surface area contributed by atoms with Gasteiger partial charge in [-0.05, 0) is 30.9 Å². The van der Waals surface area contributed by atoms with Crippen molar-refractivity contribution in [2.75, 3.05) is 18.6 Å². The highest BCUT2D eigenvalue weighted by Crippen LogP contribution is 2.36. The molecular formula is C14H15BrN2O3. The first-order valence-corrected chi connectivity index (χ1v) is 7.33. The zero-order chi connectivity index (χ0) is 14.3. The fraction of sp³-hybridized carbons (Fsp3) is 0.429. The molecule has 5 nitrogen and oxygen atoms in total. The van der Waals surface area contributed by atoms with Gasteiger partial charge >= 0.3 is 0 Å². The topological polar surface area (TPSA) is 58.6 Å². The zero-order valence-corrected chi connectivity index (χ0v) is 12.6. The second-order valence-electron chi connectivity index (χ2n) is 5.16. The van der Waals surface area contributed by atoms with Gasteiger partial charge in [0.05, 0.1) is 7.11 Å². The molecule has 1 aromatic rings. The molecule has 1 atom stereocenters. The van der Waals surface area contributed by atoms with Gasteiger partial charge in [-0.2, -0.15) is 0 Å². The van der Waals surface area contributed by atoms with Gasteiger partial charge in [0, 0.05) is 16.2 Å². The number of hydrogen-bond acceptors (Lipinski definition) is 3. The maximum atomic E-state index is 12.5. The van der Waals surface area contributed by atoms with Crippen molar-refractivity contribution in [1.29, 1.82) is 0 Å². The highest BCUT2D eigenvalue weighted by atomic mass is 79.9. The number of amides is 2. The van der Waals surface area contributed by atoms with E-state index in [1.54, 1.807) is 13.2 Å². The van der Waals surface area contributed by atoms with Crippen LogP contribution in [0, 0.1) is 5.92 Å². The van der Waals surface area contributed by atoms with Crippen LogP contribution in [0.3, 0.4) is 0 Å². The summed E-state index contributed by atoms with van der Waals surface area (Å²) in [7, 11) is 1.57. The van der Waals surface area contributed by atoms with E-state index in [4.69, 9.17) is 4.74 Å². The van der Waals surface area contributed by atoms with Crippen molar-refractivity contribution < 1.29 is 14.3 Å². The highest BCUT2D eigenvalue weighted by molar-refractivity contribution is 9.10. The Bertz CT molecular complexity index is 572. The Morgan fingerprint density at radius 1 is 1.30 bits per heavy atom. The second kappa shape index (κ2) is 5.09. The number of nitrogens with zero attached hydrogens (tertiary/aromatic N) is 1. The predicted molar refractivity (Wildman–Crippen MR) is 77.7 cm³/mol. The SMILES string of the molecule is COc1cc(Br)cc(N2CC(=O)NC(C3CC3)C2=O)c1. The molecule has 2 aliphatic rings. The summed E-state index contributed by atoms with van der Waals surface area (Å²) in [6.45, 7) is 0.0572. The number of benzene rings is 1. The molecule has 2 amide bonds. The molecule has 20 heavy (non-hydrogen) atoms. The van der Waals surface area contributed by atoms with Gasteiger partial charge in [-0.3, -0.25) is 9.59 Å². The van der Waals surface area contributed by atoms with Crippen LogP contribution in [0.2, 0.25) is 0 Å². The molecule has 1 aliphatic heterocycles. The number of methoxy groups -OCH3 is 1. The number of anilines is 1. The standard InChI is InChI=1S/C14H15BrN2O3/c1-20-11-5-9(15)4-10(6-11)17-7-12(18)16-13(14(17)19)8-2-3-8/h4-6,8,13H,2-3,7H2,1H3,(H,16,18).